The Bertz CT molecular complexity index is 248. The molecule has 0 bridgehead atoms. The van der Waals surface area contributed by atoms with E-state index in [-0.39, 0.29) is 11.6 Å². The molecule has 7 heteroatoms. The largest absolute Gasteiger partial charge is 0.414 e. The van der Waals surface area contributed by atoms with Crippen LogP contribution < -0.4 is 0 Å². The Balaban J connectivity index is 4.40. The number of halogens is 3. The molecule has 2 N–H and O–H groups in total. The molecule has 0 unspecified atom stereocenters. The van der Waals surface area contributed by atoms with Gasteiger partial charge in [-0.15, -0.1) is 0 Å². The Morgan fingerprint density at radius 3 is 1.82 bits per heavy atom. The highest BCUT2D eigenvalue weighted by Gasteiger charge is 2.40. The molecule has 17 heavy (non-hydrogen) atoms. The van der Waals surface area contributed by atoms with Crippen LogP contribution in [0.4, 0.5) is 0 Å². The minimum atomic E-state index is -1.97. The van der Waals surface area contributed by atoms with Crippen LogP contribution in [0.1, 0.15) is 20.8 Å². The minimum absolute atomic E-state index is 0.0255. The van der Waals surface area contributed by atoms with Crippen LogP contribution in [0.15, 0.2) is 0 Å². The van der Waals surface area contributed by atoms with Crippen molar-refractivity contribution in [2.24, 2.45) is 0 Å². The SMILES string of the molecule is CC(C)(C)[Si](C)(C)OC[C@@H](O)[C@@H](O)C(Cl)(Cl)Cl. The molecule has 0 heterocycles. The van der Waals surface area contributed by atoms with Crippen molar-refractivity contribution in [3.63, 3.8) is 0 Å². The van der Waals surface area contributed by atoms with Gasteiger partial charge in [0.05, 0.1) is 6.61 Å². The van der Waals surface area contributed by atoms with Gasteiger partial charge in [-0.3, -0.25) is 0 Å². The summed E-state index contributed by atoms with van der Waals surface area (Å²) in [6.07, 6.45) is -2.67. The molecule has 0 amide bonds. The van der Waals surface area contributed by atoms with Gasteiger partial charge >= 0.3 is 0 Å². The molecule has 0 saturated heterocycles. The van der Waals surface area contributed by atoms with Crippen molar-refractivity contribution in [3.8, 4) is 0 Å². The lowest BCUT2D eigenvalue weighted by Gasteiger charge is -2.37. The molecular formula is C10H21Cl3O3Si. The van der Waals surface area contributed by atoms with Crippen LogP contribution in [0, 0.1) is 0 Å². The predicted molar refractivity (Wildman–Crippen MR) is 75.5 cm³/mol. The van der Waals surface area contributed by atoms with Crippen molar-refractivity contribution in [1.29, 1.82) is 0 Å². The maximum Gasteiger partial charge on any atom is 0.218 e. The quantitative estimate of drug-likeness (QED) is 0.617. The van der Waals surface area contributed by atoms with Gasteiger partial charge in [0.2, 0.25) is 3.79 Å². The summed E-state index contributed by atoms with van der Waals surface area (Å²) in [4.78, 5) is 0. The fourth-order valence-corrected chi connectivity index (χ4v) is 2.28. The maximum absolute atomic E-state index is 9.68. The number of hydrogen-bond acceptors (Lipinski definition) is 3. The first-order valence-corrected chi connectivity index (χ1v) is 9.40. The van der Waals surface area contributed by atoms with Crippen LogP contribution in [0.5, 0.6) is 0 Å². The predicted octanol–water partition coefficient (Wildman–Crippen LogP) is 3.10. The molecule has 0 radical (unpaired) electrons. The van der Waals surface area contributed by atoms with Gasteiger partial charge in [-0.25, -0.2) is 0 Å². The van der Waals surface area contributed by atoms with E-state index in [0.29, 0.717) is 0 Å². The van der Waals surface area contributed by atoms with Crippen molar-refractivity contribution >= 4 is 43.1 Å². The van der Waals surface area contributed by atoms with Gasteiger partial charge in [-0.05, 0) is 18.1 Å². The Morgan fingerprint density at radius 2 is 1.53 bits per heavy atom. The van der Waals surface area contributed by atoms with Crippen LogP contribution in [-0.4, -0.2) is 41.1 Å². The second kappa shape index (κ2) is 5.95. The molecule has 3 nitrogen and oxygen atoms in total. The van der Waals surface area contributed by atoms with Crippen molar-refractivity contribution in [1.82, 2.24) is 0 Å². The normalized spacial score (nSPS) is 18.0. The van der Waals surface area contributed by atoms with E-state index in [2.05, 4.69) is 20.8 Å². The first-order chi connectivity index (χ1) is 7.29. The monoisotopic (exact) mass is 322 g/mol. The lowest BCUT2D eigenvalue weighted by molar-refractivity contribution is -0.00840. The zero-order chi connectivity index (χ0) is 14.1. The van der Waals surface area contributed by atoms with Gasteiger partial charge in [0, 0.05) is 0 Å². The maximum atomic E-state index is 9.68. The molecule has 0 fully saturated rings. The molecule has 104 valence electrons. The summed E-state index contributed by atoms with van der Waals surface area (Å²) < 4.78 is 3.82. The second-order valence-corrected chi connectivity index (χ2v) is 12.8. The first-order valence-electron chi connectivity index (χ1n) is 5.36. The van der Waals surface area contributed by atoms with Crippen molar-refractivity contribution < 1.29 is 14.6 Å². The van der Waals surface area contributed by atoms with Crippen LogP contribution in [0.25, 0.3) is 0 Å². The van der Waals surface area contributed by atoms with Crippen LogP contribution >= 0.6 is 34.8 Å². The topological polar surface area (TPSA) is 49.7 Å². The van der Waals surface area contributed by atoms with E-state index in [1.165, 1.54) is 0 Å². The van der Waals surface area contributed by atoms with Crippen LogP contribution in [0.3, 0.4) is 0 Å². The molecule has 0 spiro atoms. The highest BCUT2D eigenvalue weighted by molar-refractivity contribution is 6.74. The fourth-order valence-electron chi connectivity index (χ4n) is 0.820. The highest BCUT2D eigenvalue weighted by Crippen LogP contribution is 2.37. The number of hydrogen-bond donors (Lipinski definition) is 2. The van der Waals surface area contributed by atoms with Crippen LogP contribution in [0.2, 0.25) is 18.1 Å². The summed E-state index contributed by atoms with van der Waals surface area (Å²) in [7, 11) is -1.97. The van der Waals surface area contributed by atoms with Crippen molar-refractivity contribution in [2.45, 2.75) is 54.9 Å². The van der Waals surface area contributed by atoms with Crippen molar-refractivity contribution in [3.05, 3.63) is 0 Å². The summed E-state index contributed by atoms with van der Waals surface area (Å²) in [6.45, 7) is 10.3. The van der Waals surface area contributed by atoms with E-state index in [1.807, 2.05) is 13.1 Å². The van der Waals surface area contributed by atoms with Gasteiger partial charge in [0.15, 0.2) is 8.32 Å². The zero-order valence-corrected chi connectivity index (χ0v) is 14.1. The summed E-state index contributed by atoms with van der Waals surface area (Å²) in [6, 6.07) is 0. The number of aliphatic hydroxyl groups is 2. The lowest BCUT2D eigenvalue weighted by atomic mass is 10.2. The molecule has 0 aromatic carbocycles. The Hall–Kier alpha value is 0.967. The van der Waals surface area contributed by atoms with E-state index >= 15 is 0 Å². The first kappa shape index (κ1) is 18.0. The van der Waals surface area contributed by atoms with E-state index in [0.717, 1.165) is 0 Å². The van der Waals surface area contributed by atoms with Gasteiger partial charge in [0.1, 0.15) is 12.2 Å². The van der Waals surface area contributed by atoms with E-state index < -0.39 is 24.3 Å². The second-order valence-electron chi connectivity index (χ2n) is 5.63. The van der Waals surface area contributed by atoms with Crippen molar-refractivity contribution in [2.75, 3.05) is 6.61 Å². The molecule has 0 aliphatic carbocycles. The molecule has 0 aromatic rings. The summed E-state index contributed by atoms with van der Waals surface area (Å²) in [5.74, 6) is 0. The van der Waals surface area contributed by atoms with Crippen LogP contribution in [-0.2, 0) is 4.43 Å². The highest BCUT2D eigenvalue weighted by atomic mass is 35.6. The minimum Gasteiger partial charge on any atom is -0.414 e. The molecular weight excluding hydrogens is 303 g/mol. The summed E-state index contributed by atoms with van der Waals surface area (Å²) in [5, 5.41) is 19.2. The summed E-state index contributed by atoms with van der Waals surface area (Å²) in [5.41, 5.74) is 0. The molecule has 0 rings (SSSR count). The molecule has 2 atom stereocenters. The lowest BCUT2D eigenvalue weighted by Crippen LogP contribution is -2.46. The Labute approximate surface area is 119 Å². The third-order valence-corrected chi connectivity index (χ3v) is 8.29. The number of alkyl halides is 3. The Morgan fingerprint density at radius 1 is 1.12 bits per heavy atom. The Kier molecular flexibility index (Phi) is 6.29. The standard InChI is InChI=1S/C10H21Cl3O3Si/c1-9(2,3)17(4,5)16-6-7(14)8(15)10(11,12)13/h7-8,14-15H,6H2,1-5H3/t7-,8-/m1/s1. The molecule has 0 saturated carbocycles. The average Bonchev–Trinajstić information content (AvgIpc) is 2.09. The smallest absolute Gasteiger partial charge is 0.218 e. The number of rotatable bonds is 4. The molecule has 0 aromatic heterocycles. The average molecular weight is 324 g/mol. The fraction of sp³-hybridized carbons (Fsp3) is 1.00. The van der Waals surface area contributed by atoms with E-state index in [9.17, 15) is 10.2 Å². The van der Waals surface area contributed by atoms with E-state index in [1.54, 1.807) is 0 Å². The van der Waals surface area contributed by atoms with Gasteiger partial charge in [-0.2, -0.15) is 0 Å². The third kappa shape index (κ3) is 5.64. The molecule has 0 aliphatic rings. The summed E-state index contributed by atoms with van der Waals surface area (Å²) >= 11 is 16.5. The van der Waals surface area contributed by atoms with E-state index in [4.69, 9.17) is 39.2 Å². The van der Waals surface area contributed by atoms with Gasteiger partial charge < -0.3 is 14.6 Å². The third-order valence-electron chi connectivity index (χ3n) is 3.12. The zero-order valence-electron chi connectivity index (χ0n) is 10.8. The molecule has 0 aliphatic heterocycles. The number of aliphatic hydroxyl groups excluding tert-OH is 2. The van der Waals surface area contributed by atoms with Gasteiger partial charge in [-0.1, -0.05) is 55.6 Å². The van der Waals surface area contributed by atoms with Gasteiger partial charge in [0.25, 0.3) is 0 Å².